The highest BCUT2D eigenvalue weighted by atomic mass is 35.5. The molecular formula is C16H14Cl2N2O2. The maximum Gasteiger partial charge on any atom is 0.247 e. The Kier molecular flexibility index (Phi) is 4.00. The predicted octanol–water partition coefficient (Wildman–Crippen LogP) is 3.42. The minimum atomic E-state index is -0.568. The third-order valence-electron chi connectivity index (χ3n) is 3.77. The van der Waals surface area contributed by atoms with Crippen LogP contribution in [-0.4, -0.2) is 19.1 Å². The van der Waals surface area contributed by atoms with Crippen molar-refractivity contribution in [3.05, 3.63) is 58.1 Å². The predicted molar refractivity (Wildman–Crippen MR) is 87.7 cm³/mol. The van der Waals surface area contributed by atoms with E-state index in [1.54, 1.807) is 42.3 Å². The monoisotopic (exact) mass is 336 g/mol. The second-order valence-corrected chi connectivity index (χ2v) is 5.89. The summed E-state index contributed by atoms with van der Waals surface area (Å²) < 4.78 is 5.13. The fourth-order valence-corrected chi connectivity index (χ4v) is 3.00. The van der Waals surface area contributed by atoms with E-state index in [9.17, 15) is 4.79 Å². The van der Waals surface area contributed by atoms with E-state index in [2.05, 4.69) is 0 Å². The smallest absolute Gasteiger partial charge is 0.247 e. The number of amides is 1. The van der Waals surface area contributed by atoms with Gasteiger partial charge in [0.15, 0.2) is 0 Å². The fraction of sp³-hybridized carbons (Fsp3) is 0.188. The first-order chi connectivity index (χ1) is 10.5. The number of anilines is 1. The van der Waals surface area contributed by atoms with Gasteiger partial charge in [0.05, 0.1) is 18.2 Å². The van der Waals surface area contributed by atoms with Crippen LogP contribution in [0.25, 0.3) is 0 Å². The number of β-lactam (4-membered cyclic amide) rings is 1. The lowest BCUT2D eigenvalue weighted by molar-refractivity contribution is -0.126. The van der Waals surface area contributed by atoms with Crippen LogP contribution in [0.5, 0.6) is 5.75 Å². The summed E-state index contributed by atoms with van der Waals surface area (Å²) in [7, 11) is 1.54. The Bertz CT molecular complexity index is 719. The van der Waals surface area contributed by atoms with E-state index < -0.39 is 6.04 Å². The van der Waals surface area contributed by atoms with Gasteiger partial charge < -0.3 is 15.4 Å². The van der Waals surface area contributed by atoms with Crippen LogP contribution in [0.4, 0.5) is 5.69 Å². The molecule has 3 rings (SSSR count). The van der Waals surface area contributed by atoms with Crippen molar-refractivity contribution < 1.29 is 9.53 Å². The van der Waals surface area contributed by atoms with Crippen molar-refractivity contribution in [1.29, 1.82) is 0 Å². The second-order valence-electron chi connectivity index (χ2n) is 5.05. The molecule has 2 aromatic carbocycles. The number of methoxy groups -OCH3 is 1. The van der Waals surface area contributed by atoms with Crippen LogP contribution in [0, 0.1) is 0 Å². The highest BCUT2D eigenvalue weighted by molar-refractivity contribution is 6.32. The zero-order valence-corrected chi connectivity index (χ0v) is 13.3. The molecule has 0 radical (unpaired) electrons. The van der Waals surface area contributed by atoms with Crippen molar-refractivity contribution >= 4 is 34.8 Å². The van der Waals surface area contributed by atoms with Gasteiger partial charge in [0.1, 0.15) is 11.8 Å². The van der Waals surface area contributed by atoms with Gasteiger partial charge in [-0.15, -0.1) is 0 Å². The largest absolute Gasteiger partial charge is 0.495 e. The molecule has 1 aliphatic heterocycles. The van der Waals surface area contributed by atoms with Gasteiger partial charge in [0.2, 0.25) is 5.91 Å². The van der Waals surface area contributed by atoms with Gasteiger partial charge in [-0.2, -0.15) is 0 Å². The average molecular weight is 337 g/mol. The molecule has 0 aliphatic carbocycles. The van der Waals surface area contributed by atoms with Gasteiger partial charge >= 0.3 is 0 Å². The maximum atomic E-state index is 12.2. The molecule has 1 aliphatic rings. The Hall–Kier alpha value is -1.75. The highest BCUT2D eigenvalue weighted by Gasteiger charge is 2.46. The average Bonchev–Trinajstić information content (AvgIpc) is 2.52. The summed E-state index contributed by atoms with van der Waals surface area (Å²) in [5, 5.41) is 1.09. The molecule has 114 valence electrons. The van der Waals surface area contributed by atoms with E-state index in [-0.39, 0.29) is 11.9 Å². The molecule has 0 saturated carbocycles. The first-order valence-corrected chi connectivity index (χ1v) is 7.46. The molecule has 2 atom stereocenters. The molecule has 2 N–H and O–H groups in total. The molecule has 4 nitrogen and oxygen atoms in total. The van der Waals surface area contributed by atoms with Crippen LogP contribution >= 0.6 is 23.2 Å². The Morgan fingerprint density at radius 1 is 1.14 bits per heavy atom. The lowest BCUT2D eigenvalue weighted by Crippen LogP contribution is -2.63. The minimum absolute atomic E-state index is 0.138. The standard InChI is InChI=1S/C16H14Cl2N2O2/c1-22-13-7-6-11(8-12(13)18)20-15(14(19)16(20)21)9-2-4-10(17)5-3-9/h2-8,14-15H,19H2,1H3. The van der Waals surface area contributed by atoms with Crippen molar-refractivity contribution in [3.63, 3.8) is 0 Å². The van der Waals surface area contributed by atoms with Crippen LogP contribution in [-0.2, 0) is 4.79 Å². The number of carbonyl (C=O) groups is 1. The summed E-state index contributed by atoms with van der Waals surface area (Å²) in [6.07, 6.45) is 0. The molecule has 2 aromatic rings. The molecule has 6 heteroatoms. The maximum absolute atomic E-state index is 12.2. The third kappa shape index (κ3) is 2.43. The Labute approximate surface area is 138 Å². The molecule has 1 saturated heterocycles. The fourth-order valence-electron chi connectivity index (χ4n) is 2.62. The lowest BCUT2D eigenvalue weighted by Gasteiger charge is -2.45. The molecule has 0 bridgehead atoms. The second kappa shape index (κ2) is 5.80. The van der Waals surface area contributed by atoms with Crippen LogP contribution in [0.2, 0.25) is 10.0 Å². The summed E-state index contributed by atoms with van der Waals surface area (Å²) >= 11 is 12.0. The molecule has 0 aromatic heterocycles. The lowest BCUT2D eigenvalue weighted by atomic mass is 9.88. The molecule has 0 spiro atoms. The number of carbonyl (C=O) groups excluding carboxylic acids is 1. The van der Waals surface area contributed by atoms with Crippen LogP contribution in [0.15, 0.2) is 42.5 Å². The van der Waals surface area contributed by atoms with Crippen LogP contribution < -0.4 is 15.4 Å². The molecule has 1 heterocycles. The SMILES string of the molecule is COc1ccc(N2C(=O)C(N)C2c2ccc(Cl)cc2)cc1Cl. The van der Waals surface area contributed by atoms with Gasteiger partial charge in [-0.3, -0.25) is 4.79 Å². The molecular weight excluding hydrogens is 323 g/mol. The first kappa shape index (κ1) is 15.2. The zero-order chi connectivity index (χ0) is 15.9. The van der Waals surface area contributed by atoms with E-state index in [4.69, 9.17) is 33.7 Å². The number of rotatable bonds is 3. The Morgan fingerprint density at radius 2 is 1.82 bits per heavy atom. The Morgan fingerprint density at radius 3 is 2.41 bits per heavy atom. The van der Waals surface area contributed by atoms with Gasteiger partial charge in [-0.25, -0.2) is 0 Å². The first-order valence-electron chi connectivity index (χ1n) is 6.70. The van der Waals surface area contributed by atoms with E-state index >= 15 is 0 Å². The zero-order valence-electron chi connectivity index (χ0n) is 11.8. The van der Waals surface area contributed by atoms with E-state index in [1.165, 1.54) is 0 Å². The highest BCUT2D eigenvalue weighted by Crippen LogP contribution is 2.40. The summed E-state index contributed by atoms with van der Waals surface area (Å²) in [5.41, 5.74) is 7.60. The number of halogens is 2. The number of benzene rings is 2. The number of nitrogens with zero attached hydrogens (tertiary/aromatic N) is 1. The normalized spacial score (nSPS) is 20.7. The molecule has 1 amide bonds. The van der Waals surface area contributed by atoms with Crippen LogP contribution in [0.3, 0.4) is 0 Å². The van der Waals surface area contributed by atoms with Gasteiger partial charge in [0.25, 0.3) is 0 Å². The quantitative estimate of drug-likeness (QED) is 0.873. The van der Waals surface area contributed by atoms with Crippen molar-refractivity contribution in [2.24, 2.45) is 5.73 Å². The molecule has 22 heavy (non-hydrogen) atoms. The Balaban J connectivity index is 1.96. The summed E-state index contributed by atoms with van der Waals surface area (Å²) in [5.74, 6) is 0.423. The van der Waals surface area contributed by atoms with Crippen molar-refractivity contribution in [2.75, 3.05) is 12.0 Å². The van der Waals surface area contributed by atoms with E-state index in [1.807, 2.05) is 12.1 Å². The molecule has 2 unspecified atom stereocenters. The summed E-state index contributed by atoms with van der Waals surface area (Å²) in [6.45, 7) is 0. The number of ether oxygens (including phenoxy) is 1. The van der Waals surface area contributed by atoms with Gasteiger partial charge in [-0.1, -0.05) is 35.3 Å². The minimum Gasteiger partial charge on any atom is -0.495 e. The summed E-state index contributed by atoms with van der Waals surface area (Å²) in [6, 6.07) is 11.7. The topological polar surface area (TPSA) is 55.6 Å². The van der Waals surface area contributed by atoms with E-state index in [0.717, 1.165) is 5.56 Å². The number of hydrogen-bond donors (Lipinski definition) is 1. The third-order valence-corrected chi connectivity index (χ3v) is 4.31. The summed E-state index contributed by atoms with van der Waals surface area (Å²) in [4.78, 5) is 13.8. The van der Waals surface area contributed by atoms with E-state index in [0.29, 0.717) is 21.5 Å². The van der Waals surface area contributed by atoms with Crippen molar-refractivity contribution in [2.45, 2.75) is 12.1 Å². The molecule has 1 fully saturated rings. The van der Waals surface area contributed by atoms with Gasteiger partial charge in [-0.05, 0) is 35.9 Å². The number of nitrogens with two attached hydrogens (primary N) is 1. The van der Waals surface area contributed by atoms with Crippen molar-refractivity contribution in [3.8, 4) is 5.75 Å². The number of hydrogen-bond acceptors (Lipinski definition) is 3. The van der Waals surface area contributed by atoms with Crippen LogP contribution in [0.1, 0.15) is 11.6 Å². The van der Waals surface area contributed by atoms with Crippen molar-refractivity contribution in [1.82, 2.24) is 0 Å². The van der Waals surface area contributed by atoms with Gasteiger partial charge in [0, 0.05) is 10.7 Å².